The van der Waals surface area contributed by atoms with Crippen LogP contribution in [-0.2, 0) is 4.74 Å². The lowest BCUT2D eigenvalue weighted by molar-refractivity contribution is 0.0398. The smallest absolute Gasteiger partial charge is 0.129 e. The molecule has 0 amide bonds. The zero-order chi connectivity index (χ0) is 15.9. The van der Waals surface area contributed by atoms with Crippen molar-refractivity contribution in [3.05, 3.63) is 36.7 Å². The maximum atomic E-state index is 5.35. The molecule has 0 radical (unpaired) electrons. The Labute approximate surface area is 136 Å². The molecule has 1 aromatic carbocycles. The Bertz CT molecular complexity index is 612. The van der Waals surface area contributed by atoms with Gasteiger partial charge < -0.3 is 14.8 Å². The number of anilines is 1. The molecule has 0 unspecified atom stereocenters. The Morgan fingerprint density at radius 2 is 1.96 bits per heavy atom. The number of ether oxygens (including phenoxy) is 2. The van der Waals surface area contributed by atoms with Gasteiger partial charge in [-0.2, -0.15) is 0 Å². The third-order valence-electron chi connectivity index (χ3n) is 3.89. The minimum absolute atomic E-state index is 0.828. The van der Waals surface area contributed by atoms with Crippen LogP contribution in [0.2, 0.25) is 0 Å². The summed E-state index contributed by atoms with van der Waals surface area (Å²) in [7, 11) is 1.66. The molecule has 1 aliphatic heterocycles. The van der Waals surface area contributed by atoms with Crippen LogP contribution in [0.15, 0.2) is 36.7 Å². The maximum absolute atomic E-state index is 5.35. The van der Waals surface area contributed by atoms with Crippen molar-refractivity contribution < 1.29 is 9.47 Å². The number of nitrogens with one attached hydrogen (secondary N) is 1. The topological polar surface area (TPSA) is 59.5 Å². The van der Waals surface area contributed by atoms with Crippen molar-refractivity contribution in [1.82, 2.24) is 14.9 Å². The fourth-order valence-electron chi connectivity index (χ4n) is 2.54. The van der Waals surface area contributed by atoms with E-state index in [1.165, 1.54) is 0 Å². The number of benzene rings is 1. The third kappa shape index (κ3) is 4.40. The Kier molecular flexibility index (Phi) is 5.39. The minimum Gasteiger partial charge on any atom is -0.497 e. The normalized spacial score (nSPS) is 15.3. The monoisotopic (exact) mass is 314 g/mol. The van der Waals surface area contributed by atoms with E-state index in [0.29, 0.717) is 0 Å². The molecule has 1 aliphatic rings. The van der Waals surface area contributed by atoms with Crippen molar-refractivity contribution in [3.8, 4) is 17.0 Å². The van der Waals surface area contributed by atoms with Gasteiger partial charge in [0, 0.05) is 37.8 Å². The SMILES string of the molecule is COc1ccc(-c2cc(NCCN3CCOCC3)ncn2)cc1. The predicted molar refractivity (Wildman–Crippen MR) is 89.8 cm³/mol. The zero-order valence-electron chi connectivity index (χ0n) is 13.4. The molecule has 1 aromatic heterocycles. The fourth-order valence-corrected chi connectivity index (χ4v) is 2.54. The summed E-state index contributed by atoms with van der Waals surface area (Å²) >= 11 is 0. The molecule has 0 bridgehead atoms. The molecule has 2 aromatic rings. The first-order valence-electron chi connectivity index (χ1n) is 7.85. The number of hydrogen-bond donors (Lipinski definition) is 1. The third-order valence-corrected chi connectivity index (χ3v) is 3.89. The van der Waals surface area contributed by atoms with Gasteiger partial charge in [0.1, 0.15) is 17.9 Å². The van der Waals surface area contributed by atoms with Crippen molar-refractivity contribution in [2.75, 3.05) is 51.8 Å². The first-order chi connectivity index (χ1) is 11.3. The highest BCUT2D eigenvalue weighted by Crippen LogP contribution is 2.21. The summed E-state index contributed by atoms with van der Waals surface area (Å²) in [6.07, 6.45) is 1.59. The van der Waals surface area contributed by atoms with Gasteiger partial charge in [0.15, 0.2) is 0 Å². The first kappa shape index (κ1) is 15.7. The van der Waals surface area contributed by atoms with Crippen LogP contribution in [0.5, 0.6) is 5.75 Å². The van der Waals surface area contributed by atoms with Crippen LogP contribution in [0.1, 0.15) is 0 Å². The van der Waals surface area contributed by atoms with Crippen molar-refractivity contribution in [1.29, 1.82) is 0 Å². The van der Waals surface area contributed by atoms with Gasteiger partial charge in [-0.25, -0.2) is 9.97 Å². The van der Waals surface area contributed by atoms with Gasteiger partial charge in [0.2, 0.25) is 0 Å². The Morgan fingerprint density at radius 1 is 1.17 bits per heavy atom. The van der Waals surface area contributed by atoms with Crippen LogP contribution in [0.3, 0.4) is 0 Å². The van der Waals surface area contributed by atoms with E-state index < -0.39 is 0 Å². The summed E-state index contributed by atoms with van der Waals surface area (Å²) in [6, 6.07) is 9.84. The fraction of sp³-hybridized carbons (Fsp3) is 0.412. The van der Waals surface area contributed by atoms with Crippen molar-refractivity contribution in [2.45, 2.75) is 0 Å². The van der Waals surface area contributed by atoms with Gasteiger partial charge in [-0.3, -0.25) is 4.90 Å². The molecular weight excluding hydrogens is 292 g/mol. The van der Waals surface area contributed by atoms with Gasteiger partial charge >= 0.3 is 0 Å². The van der Waals surface area contributed by atoms with Gasteiger partial charge in [-0.15, -0.1) is 0 Å². The van der Waals surface area contributed by atoms with E-state index in [0.717, 1.165) is 62.2 Å². The lowest BCUT2D eigenvalue weighted by Crippen LogP contribution is -2.39. The second-order valence-corrected chi connectivity index (χ2v) is 5.40. The Hall–Kier alpha value is -2.18. The minimum atomic E-state index is 0.828. The highest BCUT2D eigenvalue weighted by Gasteiger charge is 2.09. The van der Waals surface area contributed by atoms with E-state index in [4.69, 9.17) is 9.47 Å². The molecule has 6 nitrogen and oxygen atoms in total. The zero-order valence-corrected chi connectivity index (χ0v) is 13.4. The predicted octanol–water partition coefficient (Wildman–Crippen LogP) is 1.90. The van der Waals surface area contributed by atoms with Crippen LogP contribution in [0, 0.1) is 0 Å². The molecular formula is C17H22N4O2. The Balaban J connectivity index is 1.58. The van der Waals surface area contributed by atoms with E-state index >= 15 is 0 Å². The summed E-state index contributed by atoms with van der Waals surface area (Å²) in [5.41, 5.74) is 1.95. The average molecular weight is 314 g/mol. The number of aromatic nitrogens is 2. The molecule has 0 spiro atoms. The Morgan fingerprint density at radius 3 is 2.70 bits per heavy atom. The van der Waals surface area contributed by atoms with E-state index in [9.17, 15) is 0 Å². The first-order valence-corrected chi connectivity index (χ1v) is 7.85. The molecule has 2 heterocycles. The number of morpholine rings is 1. The molecule has 3 rings (SSSR count). The standard InChI is InChI=1S/C17H22N4O2/c1-22-15-4-2-14(3-5-15)16-12-17(20-13-19-16)18-6-7-21-8-10-23-11-9-21/h2-5,12-13H,6-11H2,1H3,(H,18,19,20). The molecule has 0 aliphatic carbocycles. The van der Waals surface area contributed by atoms with E-state index in [-0.39, 0.29) is 0 Å². The number of hydrogen-bond acceptors (Lipinski definition) is 6. The van der Waals surface area contributed by atoms with Crippen LogP contribution >= 0.6 is 0 Å². The maximum Gasteiger partial charge on any atom is 0.129 e. The molecule has 1 saturated heterocycles. The van der Waals surface area contributed by atoms with Gasteiger partial charge in [0.25, 0.3) is 0 Å². The summed E-state index contributed by atoms with van der Waals surface area (Å²) < 4.78 is 10.5. The average Bonchev–Trinajstić information content (AvgIpc) is 2.63. The molecule has 1 fully saturated rings. The van der Waals surface area contributed by atoms with Crippen LogP contribution in [-0.4, -0.2) is 61.4 Å². The molecule has 0 saturated carbocycles. The molecule has 122 valence electrons. The summed E-state index contributed by atoms with van der Waals surface area (Å²) in [6.45, 7) is 5.51. The summed E-state index contributed by atoms with van der Waals surface area (Å²) in [4.78, 5) is 11.0. The lowest BCUT2D eigenvalue weighted by Gasteiger charge is -2.26. The number of nitrogens with zero attached hydrogens (tertiary/aromatic N) is 3. The second-order valence-electron chi connectivity index (χ2n) is 5.40. The molecule has 6 heteroatoms. The second kappa shape index (κ2) is 7.89. The highest BCUT2D eigenvalue weighted by molar-refractivity contribution is 5.62. The van der Waals surface area contributed by atoms with Crippen molar-refractivity contribution in [2.24, 2.45) is 0 Å². The van der Waals surface area contributed by atoms with Crippen LogP contribution in [0.4, 0.5) is 5.82 Å². The van der Waals surface area contributed by atoms with Crippen LogP contribution < -0.4 is 10.1 Å². The molecule has 0 atom stereocenters. The number of rotatable bonds is 6. The highest BCUT2D eigenvalue weighted by atomic mass is 16.5. The van der Waals surface area contributed by atoms with Crippen molar-refractivity contribution in [3.63, 3.8) is 0 Å². The largest absolute Gasteiger partial charge is 0.497 e. The summed E-state index contributed by atoms with van der Waals surface area (Å²) in [5.74, 6) is 1.69. The summed E-state index contributed by atoms with van der Waals surface area (Å²) in [5, 5.41) is 3.37. The van der Waals surface area contributed by atoms with Gasteiger partial charge in [0.05, 0.1) is 26.0 Å². The van der Waals surface area contributed by atoms with E-state index in [2.05, 4.69) is 20.2 Å². The van der Waals surface area contributed by atoms with E-state index in [1.807, 2.05) is 30.3 Å². The van der Waals surface area contributed by atoms with Crippen molar-refractivity contribution >= 4 is 5.82 Å². The van der Waals surface area contributed by atoms with Gasteiger partial charge in [-0.1, -0.05) is 0 Å². The quantitative estimate of drug-likeness (QED) is 0.879. The lowest BCUT2D eigenvalue weighted by atomic mass is 10.1. The molecule has 23 heavy (non-hydrogen) atoms. The number of methoxy groups -OCH3 is 1. The van der Waals surface area contributed by atoms with E-state index in [1.54, 1.807) is 13.4 Å². The van der Waals surface area contributed by atoms with Gasteiger partial charge in [-0.05, 0) is 24.3 Å². The molecule has 1 N–H and O–H groups in total. The van der Waals surface area contributed by atoms with Crippen LogP contribution in [0.25, 0.3) is 11.3 Å².